The van der Waals surface area contributed by atoms with Crippen LogP contribution in [0, 0.1) is 29.1 Å². The molecule has 4 atom stereocenters. The summed E-state index contributed by atoms with van der Waals surface area (Å²) in [5.74, 6) is -10.7. The van der Waals surface area contributed by atoms with Gasteiger partial charge < -0.3 is 9.47 Å². The zero-order valence-electron chi connectivity index (χ0n) is 15.0. The summed E-state index contributed by atoms with van der Waals surface area (Å²) >= 11 is 0. The minimum Gasteiger partial charge on any atom is -0.392 e. The number of hydrogen-bond donors (Lipinski definition) is 0. The summed E-state index contributed by atoms with van der Waals surface area (Å²) in [7, 11) is 0. The second kappa shape index (κ2) is 7.17. The van der Waals surface area contributed by atoms with Crippen molar-refractivity contribution < 1.29 is 55.0 Å². The van der Waals surface area contributed by atoms with E-state index >= 15 is 0 Å². The second-order valence-corrected chi connectivity index (χ2v) is 7.29. The van der Waals surface area contributed by atoms with E-state index in [9.17, 15) is 45.5 Å². The zero-order valence-corrected chi connectivity index (χ0v) is 15.0. The zero-order chi connectivity index (χ0) is 22.9. The molecule has 2 aliphatic heterocycles. The van der Waals surface area contributed by atoms with E-state index < -0.39 is 76.5 Å². The molecule has 0 aromatic rings. The lowest BCUT2D eigenvalue weighted by atomic mass is 9.66. The van der Waals surface area contributed by atoms with Crippen LogP contribution in [0.2, 0.25) is 0 Å². The van der Waals surface area contributed by atoms with Crippen LogP contribution in [-0.4, -0.2) is 36.2 Å². The molecule has 4 rings (SSSR count). The van der Waals surface area contributed by atoms with Crippen molar-refractivity contribution in [2.75, 3.05) is 0 Å². The number of ether oxygens (including phenoxy) is 2. The molecule has 0 spiro atoms. The predicted octanol–water partition coefficient (Wildman–Crippen LogP) is 3.36. The molecular formula is C20H14F6O6. The molecule has 0 bridgehead atoms. The van der Waals surface area contributed by atoms with Crippen molar-refractivity contribution in [2.45, 2.75) is 19.8 Å². The predicted molar refractivity (Wildman–Crippen MR) is 91.9 cm³/mol. The van der Waals surface area contributed by atoms with Gasteiger partial charge >= 0.3 is 36.2 Å². The number of cyclic esters (lactones) is 4. The average molecular weight is 464 g/mol. The number of halogens is 6. The van der Waals surface area contributed by atoms with Gasteiger partial charge in [-0.05, 0) is 11.1 Å². The van der Waals surface area contributed by atoms with Crippen molar-refractivity contribution in [2.24, 2.45) is 29.1 Å². The first kappa shape index (κ1) is 23.5. The fraction of sp³-hybridized carbons (Fsp3) is 0.400. The minimum absolute atomic E-state index is 0. The summed E-state index contributed by atoms with van der Waals surface area (Å²) in [5.41, 5.74) is -7.35. The Morgan fingerprint density at radius 1 is 0.594 bits per heavy atom. The maximum absolute atomic E-state index is 14.2. The molecule has 0 aromatic heterocycles. The van der Waals surface area contributed by atoms with Crippen LogP contribution in [0.3, 0.4) is 0 Å². The molecule has 6 nitrogen and oxygen atoms in total. The first-order chi connectivity index (χ1) is 14.3. The summed E-state index contributed by atoms with van der Waals surface area (Å²) in [6.07, 6.45) is -8.67. The summed E-state index contributed by atoms with van der Waals surface area (Å²) in [6, 6.07) is 0. The molecule has 0 aromatic carbocycles. The maximum atomic E-state index is 14.2. The van der Waals surface area contributed by atoms with Gasteiger partial charge in [0.1, 0.15) is 0 Å². The highest BCUT2D eigenvalue weighted by Gasteiger charge is 2.74. The van der Waals surface area contributed by atoms with Crippen molar-refractivity contribution in [3.05, 3.63) is 47.6 Å². The van der Waals surface area contributed by atoms with Crippen LogP contribution >= 0.6 is 0 Å². The largest absolute Gasteiger partial charge is 0.411 e. The summed E-state index contributed by atoms with van der Waals surface area (Å²) in [4.78, 5) is 46.7. The molecule has 2 heterocycles. The van der Waals surface area contributed by atoms with Gasteiger partial charge in [0.2, 0.25) is 5.41 Å². The Hall–Kier alpha value is -3.18. The smallest absolute Gasteiger partial charge is 0.392 e. The lowest BCUT2D eigenvalue weighted by Gasteiger charge is -2.41. The summed E-state index contributed by atoms with van der Waals surface area (Å²) in [5, 5.41) is 0. The first-order valence-electron chi connectivity index (χ1n) is 8.74. The third kappa shape index (κ3) is 3.03. The molecule has 2 fully saturated rings. The number of fused-ring (bicyclic) bond motifs is 2. The minimum atomic E-state index is -5.98. The van der Waals surface area contributed by atoms with Gasteiger partial charge in [-0.15, -0.1) is 0 Å². The van der Waals surface area contributed by atoms with E-state index in [0.29, 0.717) is 24.3 Å². The van der Waals surface area contributed by atoms with E-state index in [1.54, 1.807) is 0 Å². The number of carbonyl (C=O) groups is 4. The van der Waals surface area contributed by atoms with Gasteiger partial charge in [0.25, 0.3) is 0 Å². The molecule has 12 heteroatoms. The Balaban J connectivity index is 0.00000289. The molecule has 2 saturated heterocycles. The van der Waals surface area contributed by atoms with Crippen LogP contribution in [-0.2, 0) is 28.7 Å². The van der Waals surface area contributed by atoms with Crippen molar-refractivity contribution in [1.82, 2.24) is 0 Å². The van der Waals surface area contributed by atoms with Gasteiger partial charge in [-0.1, -0.05) is 43.9 Å². The first-order valence-corrected chi connectivity index (χ1v) is 8.74. The normalized spacial score (nSPS) is 29.6. The quantitative estimate of drug-likeness (QED) is 0.354. The Bertz CT molecular complexity index is 946. The molecule has 2 aliphatic carbocycles. The molecule has 4 unspecified atom stereocenters. The SMILES string of the molecule is C.O=C1OC(=O)C2C=C(C(C3=CC4C(=O)OC(=O)C4C=C3)(C(F)(F)F)C(F)(F)F)C=CC12. The third-order valence-corrected chi connectivity index (χ3v) is 5.67. The van der Waals surface area contributed by atoms with Crippen LogP contribution in [0.5, 0.6) is 0 Å². The number of carbonyl (C=O) groups excluding carboxylic acids is 4. The Kier molecular flexibility index (Phi) is 5.26. The standard InChI is InChI=1S/C19H10F6O6.CH4/c20-18(21,22)17(19(23,24)25,7-1-3-9-11(5-7)15(28)30-13(9)26)8-2-4-10-12(6-8)16(29)31-14(10)27;/h1-6,9-12H;1H4. The van der Waals surface area contributed by atoms with Crippen molar-refractivity contribution in [3.63, 3.8) is 0 Å². The number of hydrogen-bond acceptors (Lipinski definition) is 6. The number of rotatable bonds is 2. The van der Waals surface area contributed by atoms with Crippen LogP contribution in [0.15, 0.2) is 47.6 Å². The summed E-state index contributed by atoms with van der Waals surface area (Å²) in [6.45, 7) is 0. The van der Waals surface area contributed by atoms with Gasteiger partial charge in [0.15, 0.2) is 0 Å². The van der Waals surface area contributed by atoms with Crippen LogP contribution in [0.1, 0.15) is 7.43 Å². The number of alkyl halides is 6. The molecule has 4 aliphatic rings. The molecule has 32 heavy (non-hydrogen) atoms. The third-order valence-electron chi connectivity index (χ3n) is 5.67. The van der Waals surface area contributed by atoms with Gasteiger partial charge in [-0.25, -0.2) is 0 Å². The Morgan fingerprint density at radius 2 is 0.906 bits per heavy atom. The Labute approximate surface area is 176 Å². The van der Waals surface area contributed by atoms with Crippen LogP contribution in [0.25, 0.3) is 0 Å². The van der Waals surface area contributed by atoms with E-state index in [2.05, 4.69) is 9.47 Å². The van der Waals surface area contributed by atoms with Gasteiger partial charge in [-0.3, -0.25) is 19.2 Å². The van der Waals surface area contributed by atoms with Gasteiger partial charge in [-0.2, -0.15) is 26.3 Å². The maximum Gasteiger partial charge on any atom is 0.411 e. The lowest BCUT2D eigenvalue weighted by molar-refractivity contribution is -0.309. The van der Waals surface area contributed by atoms with Crippen LogP contribution in [0.4, 0.5) is 26.3 Å². The van der Waals surface area contributed by atoms with E-state index in [1.807, 2.05) is 0 Å². The van der Waals surface area contributed by atoms with Crippen molar-refractivity contribution >= 4 is 23.9 Å². The van der Waals surface area contributed by atoms with Crippen LogP contribution < -0.4 is 0 Å². The van der Waals surface area contributed by atoms with Gasteiger partial charge in [0, 0.05) is 0 Å². The molecule has 0 N–H and O–H groups in total. The summed E-state index contributed by atoms with van der Waals surface area (Å²) < 4.78 is 94.0. The number of esters is 4. The fourth-order valence-electron chi connectivity index (χ4n) is 4.19. The Morgan fingerprint density at radius 3 is 1.22 bits per heavy atom. The molecular weight excluding hydrogens is 450 g/mol. The molecule has 0 radical (unpaired) electrons. The van der Waals surface area contributed by atoms with Gasteiger partial charge in [0.05, 0.1) is 23.7 Å². The lowest BCUT2D eigenvalue weighted by Crippen LogP contribution is -2.53. The monoisotopic (exact) mass is 464 g/mol. The molecule has 0 saturated carbocycles. The van der Waals surface area contributed by atoms with E-state index in [0.717, 1.165) is 12.2 Å². The second-order valence-electron chi connectivity index (χ2n) is 7.29. The van der Waals surface area contributed by atoms with E-state index in [-0.39, 0.29) is 7.43 Å². The highest BCUT2D eigenvalue weighted by atomic mass is 19.4. The highest BCUT2D eigenvalue weighted by Crippen LogP contribution is 2.62. The fourth-order valence-corrected chi connectivity index (χ4v) is 4.19. The highest BCUT2D eigenvalue weighted by molar-refractivity contribution is 6.00. The molecule has 172 valence electrons. The van der Waals surface area contributed by atoms with Crippen molar-refractivity contribution in [3.8, 4) is 0 Å². The topological polar surface area (TPSA) is 86.7 Å². The number of allylic oxidation sites excluding steroid dienone is 4. The van der Waals surface area contributed by atoms with Crippen molar-refractivity contribution in [1.29, 1.82) is 0 Å². The van der Waals surface area contributed by atoms with E-state index in [1.165, 1.54) is 0 Å². The van der Waals surface area contributed by atoms with E-state index in [4.69, 9.17) is 0 Å². The average Bonchev–Trinajstić information content (AvgIpc) is 3.09. The molecule has 0 amide bonds.